The highest BCUT2D eigenvalue weighted by molar-refractivity contribution is 6.32. The number of benzene rings is 2. The zero-order chi connectivity index (χ0) is 15.1. The number of hydrogen-bond donors (Lipinski definition) is 1. The number of halogens is 2. The molecule has 0 aromatic heterocycles. The molecular weight excluding hydrogens is 301 g/mol. The fourth-order valence-corrected chi connectivity index (χ4v) is 3.95. The first-order chi connectivity index (χ1) is 10.8. The lowest BCUT2D eigenvalue weighted by atomic mass is 9.77. The van der Waals surface area contributed by atoms with Gasteiger partial charge in [-0.25, -0.2) is 4.39 Å². The van der Waals surface area contributed by atoms with Gasteiger partial charge in [-0.15, -0.1) is 0 Å². The molecule has 0 aliphatic carbocycles. The summed E-state index contributed by atoms with van der Waals surface area (Å²) in [5.41, 5.74) is 2.89. The zero-order valence-electron chi connectivity index (χ0n) is 12.1. The summed E-state index contributed by atoms with van der Waals surface area (Å²) in [5, 5.41) is 3.74. The van der Waals surface area contributed by atoms with Crippen LogP contribution < -0.4 is 5.32 Å². The highest BCUT2D eigenvalue weighted by Gasteiger charge is 2.41. The van der Waals surface area contributed by atoms with E-state index in [1.165, 1.54) is 11.6 Å². The summed E-state index contributed by atoms with van der Waals surface area (Å²) in [7, 11) is 0. The third-order valence-corrected chi connectivity index (χ3v) is 5.07. The molecule has 0 bridgehead atoms. The molecule has 2 aliphatic rings. The van der Waals surface area contributed by atoms with Crippen LogP contribution in [-0.4, -0.2) is 6.61 Å². The molecule has 0 saturated carbocycles. The molecule has 3 atom stereocenters. The van der Waals surface area contributed by atoms with Gasteiger partial charge in [0.05, 0.1) is 17.2 Å². The van der Waals surface area contributed by atoms with Crippen LogP contribution in [0.1, 0.15) is 36.1 Å². The third kappa shape index (κ3) is 2.20. The topological polar surface area (TPSA) is 21.3 Å². The monoisotopic (exact) mass is 317 g/mol. The average Bonchev–Trinajstić information content (AvgIpc) is 2.58. The molecule has 22 heavy (non-hydrogen) atoms. The predicted octanol–water partition coefficient (Wildman–Crippen LogP) is 5.11. The van der Waals surface area contributed by atoms with Crippen molar-refractivity contribution in [2.75, 3.05) is 11.9 Å². The van der Waals surface area contributed by atoms with Gasteiger partial charge in [0.15, 0.2) is 0 Å². The Morgan fingerprint density at radius 1 is 1.14 bits per heavy atom. The molecule has 1 fully saturated rings. The fraction of sp³-hybridized carbons (Fsp3) is 0.333. The van der Waals surface area contributed by atoms with Gasteiger partial charge in [0.1, 0.15) is 5.82 Å². The van der Waals surface area contributed by atoms with Crippen molar-refractivity contribution in [2.24, 2.45) is 5.92 Å². The summed E-state index contributed by atoms with van der Waals surface area (Å²) in [6, 6.07) is 13.7. The number of nitrogens with one attached hydrogen (secondary N) is 1. The van der Waals surface area contributed by atoms with Crippen molar-refractivity contribution in [3.8, 4) is 0 Å². The van der Waals surface area contributed by atoms with Crippen molar-refractivity contribution in [1.82, 2.24) is 0 Å². The molecule has 1 N–H and O–H groups in total. The highest BCUT2D eigenvalue weighted by atomic mass is 35.5. The van der Waals surface area contributed by atoms with E-state index in [0.717, 1.165) is 24.1 Å². The van der Waals surface area contributed by atoms with Crippen molar-refractivity contribution in [3.05, 3.63) is 64.4 Å². The van der Waals surface area contributed by atoms with Gasteiger partial charge >= 0.3 is 0 Å². The van der Waals surface area contributed by atoms with E-state index >= 15 is 0 Å². The van der Waals surface area contributed by atoms with Gasteiger partial charge in [0.25, 0.3) is 0 Å². The van der Waals surface area contributed by atoms with Gasteiger partial charge in [0.2, 0.25) is 0 Å². The van der Waals surface area contributed by atoms with E-state index < -0.39 is 0 Å². The van der Waals surface area contributed by atoms with Gasteiger partial charge < -0.3 is 10.1 Å². The summed E-state index contributed by atoms with van der Waals surface area (Å²) in [5.74, 6) is -0.115. The van der Waals surface area contributed by atoms with Crippen LogP contribution in [0.25, 0.3) is 0 Å². The molecule has 0 radical (unpaired) electrons. The van der Waals surface area contributed by atoms with Gasteiger partial charge in [-0.05, 0) is 30.5 Å². The average molecular weight is 318 g/mol. The molecule has 0 amide bonds. The van der Waals surface area contributed by atoms with Gasteiger partial charge in [0, 0.05) is 23.8 Å². The molecule has 0 spiro atoms. The third-order valence-electron chi connectivity index (χ3n) is 4.68. The second-order valence-corrected chi connectivity index (χ2v) is 6.33. The van der Waals surface area contributed by atoms with E-state index in [9.17, 15) is 4.39 Å². The fourth-order valence-electron chi connectivity index (χ4n) is 3.68. The maximum absolute atomic E-state index is 13.9. The van der Waals surface area contributed by atoms with Crippen LogP contribution >= 0.6 is 11.6 Å². The molecule has 114 valence electrons. The second kappa shape index (κ2) is 5.56. The zero-order valence-corrected chi connectivity index (χ0v) is 12.8. The maximum atomic E-state index is 13.9. The summed E-state index contributed by atoms with van der Waals surface area (Å²) >= 11 is 6.23. The quantitative estimate of drug-likeness (QED) is 0.788. The number of rotatable bonds is 1. The summed E-state index contributed by atoms with van der Waals surface area (Å²) in [6.45, 7) is 0.703. The predicted molar refractivity (Wildman–Crippen MR) is 85.6 cm³/mol. The minimum Gasteiger partial charge on any atom is -0.377 e. The summed E-state index contributed by atoms with van der Waals surface area (Å²) < 4.78 is 19.9. The van der Waals surface area contributed by atoms with Crippen molar-refractivity contribution in [2.45, 2.75) is 25.0 Å². The largest absolute Gasteiger partial charge is 0.377 e. The molecule has 1 saturated heterocycles. The van der Waals surface area contributed by atoms with E-state index in [0.29, 0.717) is 6.61 Å². The molecule has 2 nitrogen and oxygen atoms in total. The van der Waals surface area contributed by atoms with Gasteiger partial charge in [-0.3, -0.25) is 0 Å². The molecule has 2 aromatic carbocycles. The molecule has 3 unspecified atom stereocenters. The van der Waals surface area contributed by atoms with Crippen LogP contribution in [0.4, 0.5) is 10.1 Å². The molecule has 4 heteroatoms. The van der Waals surface area contributed by atoms with Gasteiger partial charge in [-0.2, -0.15) is 0 Å². The van der Waals surface area contributed by atoms with Crippen LogP contribution in [0.15, 0.2) is 42.5 Å². The maximum Gasteiger partial charge on any atom is 0.142 e. The molecular formula is C18H17ClFNO. The van der Waals surface area contributed by atoms with E-state index in [4.69, 9.17) is 16.3 Å². The number of fused-ring (bicyclic) bond motifs is 3. The van der Waals surface area contributed by atoms with Crippen LogP contribution in [-0.2, 0) is 4.74 Å². The Hall–Kier alpha value is -1.58. The lowest BCUT2D eigenvalue weighted by molar-refractivity contribution is -0.0382. The number of ether oxygens (including phenoxy) is 1. The van der Waals surface area contributed by atoms with E-state index in [1.807, 2.05) is 18.2 Å². The van der Waals surface area contributed by atoms with Crippen molar-refractivity contribution in [3.63, 3.8) is 0 Å². The first-order valence-corrected chi connectivity index (χ1v) is 8.04. The summed E-state index contributed by atoms with van der Waals surface area (Å²) in [4.78, 5) is 0. The minimum atomic E-state index is -0.381. The molecule has 2 aromatic rings. The van der Waals surface area contributed by atoms with Crippen molar-refractivity contribution in [1.29, 1.82) is 0 Å². The standard InChI is InChI=1S/C18H17ClFNO/c19-16-13(20)8-9-14-15(16)18-12(7-4-10-22-18)17(21-14)11-5-2-1-3-6-11/h1-3,5-6,8-9,12,17-18,21H,4,7,10H2. The van der Waals surface area contributed by atoms with Crippen LogP contribution in [0.3, 0.4) is 0 Å². The highest BCUT2D eigenvalue weighted by Crippen LogP contribution is 2.51. The minimum absolute atomic E-state index is 0.140. The Morgan fingerprint density at radius 2 is 1.95 bits per heavy atom. The van der Waals surface area contributed by atoms with Crippen LogP contribution in [0.5, 0.6) is 0 Å². The number of anilines is 1. The molecule has 2 heterocycles. The second-order valence-electron chi connectivity index (χ2n) is 5.95. The first kappa shape index (κ1) is 14.0. The SMILES string of the molecule is Fc1ccc2c(c1Cl)C1OCCCC1C(c1ccccc1)N2. The van der Waals surface area contributed by atoms with Gasteiger partial charge in [-0.1, -0.05) is 41.9 Å². The lowest BCUT2D eigenvalue weighted by Gasteiger charge is -2.43. The Bertz CT molecular complexity index is 691. The molecule has 2 aliphatic heterocycles. The van der Waals surface area contributed by atoms with Crippen molar-refractivity contribution >= 4 is 17.3 Å². The van der Waals surface area contributed by atoms with Crippen molar-refractivity contribution < 1.29 is 9.13 Å². The van der Waals surface area contributed by atoms with Crippen LogP contribution in [0, 0.1) is 11.7 Å². The Morgan fingerprint density at radius 3 is 2.77 bits per heavy atom. The Labute approximate surface area is 134 Å². The van der Waals surface area contributed by atoms with Crippen LogP contribution in [0.2, 0.25) is 5.02 Å². The summed E-state index contributed by atoms with van der Waals surface area (Å²) in [6.07, 6.45) is 1.93. The van der Waals surface area contributed by atoms with E-state index in [2.05, 4.69) is 17.4 Å². The first-order valence-electron chi connectivity index (χ1n) is 7.66. The Balaban J connectivity index is 1.83. The van der Waals surface area contributed by atoms with E-state index in [1.54, 1.807) is 6.07 Å². The molecule has 4 rings (SSSR count). The lowest BCUT2D eigenvalue weighted by Crippen LogP contribution is -2.36. The normalized spacial score (nSPS) is 26.7. The van der Waals surface area contributed by atoms with E-state index in [-0.39, 0.29) is 28.9 Å². The Kier molecular flexibility index (Phi) is 3.55. The number of hydrogen-bond acceptors (Lipinski definition) is 2. The smallest absolute Gasteiger partial charge is 0.142 e.